The molecule has 0 atom stereocenters. The molecule has 0 saturated heterocycles. The molecule has 0 amide bonds. The molecule has 0 aliphatic rings. The molecule has 3 aromatic heterocycles. The van der Waals surface area contributed by atoms with E-state index in [2.05, 4.69) is 25.6 Å². The first-order valence-electron chi connectivity index (χ1n) is 5.96. The lowest BCUT2D eigenvalue weighted by atomic mass is 10.3. The van der Waals surface area contributed by atoms with Gasteiger partial charge in [-0.2, -0.15) is 0 Å². The molecular formula is C12H14N6S. The van der Waals surface area contributed by atoms with Gasteiger partial charge in [0, 0.05) is 30.7 Å². The van der Waals surface area contributed by atoms with E-state index in [1.165, 1.54) is 0 Å². The molecule has 0 aliphatic heterocycles. The summed E-state index contributed by atoms with van der Waals surface area (Å²) in [5.74, 6) is 1.18. The van der Waals surface area contributed by atoms with Crippen LogP contribution in [0.4, 0.5) is 11.6 Å². The minimum absolute atomic E-state index is 0.470. The molecule has 3 heterocycles. The lowest BCUT2D eigenvalue weighted by Crippen LogP contribution is -2.09. The van der Waals surface area contributed by atoms with Crippen LogP contribution in [0.2, 0.25) is 0 Å². The molecule has 0 saturated carbocycles. The van der Waals surface area contributed by atoms with Gasteiger partial charge in [0.2, 0.25) is 0 Å². The van der Waals surface area contributed by atoms with Crippen molar-refractivity contribution in [3.05, 3.63) is 34.7 Å². The number of nitrogens with zero attached hydrogens (tertiary/aromatic N) is 4. The Kier molecular flexibility index (Phi) is 3.04. The first kappa shape index (κ1) is 11.9. The zero-order valence-corrected chi connectivity index (χ0v) is 11.3. The van der Waals surface area contributed by atoms with Crippen LogP contribution in [0.1, 0.15) is 10.7 Å². The monoisotopic (exact) mass is 274 g/mol. The van der Waals surface area contributed by atoms with Gasteiger partial charge < -0.3 is 15.5 Å². The Balaban J connectivity index is 1.73. The topological polar surface area (TPSA) is 81.1 Å². The van der Waals surface area contributed by atoms with E-state index >= 15 is 0 Å². The van der Waals surface area contributed by atoms with Crippen LogP contribution < -0.4 is 11.1 Å². The van der Waals surface area contributed by atoms with Gasteiger partial charge in [0.05, 0.1) is 16.9 Å². The van der Waals surface area contributed by atoms with Crippen LogP contribution in [0.5, 0.6) is 0 Å². The zero-order valence-electron chi connectivity index (χ0n) is 10.5. The molecule has 3 rings (SSSR count). The van der Waals surface area contributed by atoms with Crippen LogP contribution in [0.25, 0.3) is 5.65 Å². The molecule has 0 bridgehead atoms. The third kappa shape index (κ3) is 2.50. The number of thiazole rings is 1. The van der Waals surface area contributed by atoms with Crippen LogP contribution >= 0.6 is 11.3 Å². The lowest BCUT2D eigenvalue weighted by molar-refractivity contribution is 0.958. The molecule has 0 aliphatic carbocycles. The second kappa shape index (κ2) is 4.85. The van der Waals surface area contributed by atoms with Crippen molar-refractivity contribution in [2.75, 3.05) is 17.6 Å². The Hall–Kier alpha value is -2.15. The summed E-state index contributed by atoms with van der Waals surface area (Å²) in [6, 6.07) is 0. The van der Waals surface area contributed by atoms with E-state index in [4.69, 9.17) is 5.73 Å². The summed E-state index contributed by atoms with van der Waals surface area (Å²) in [5.41, 5.74) is 7.64. The molecule has 0 radical (unpaired) electrons. The molecule has 98 valence electrons. The Bertz CT molecular complexity index is 701. The van der Waals surface area contributed by atoms with E-state index in [1.807, 2.05) is 17.5 Å². The number of nitrogen functional groups attached to an aromatic ring is 1. The summed E-state index contributed by atoms with van der Waals surface area (Å²) in [5, 5.41) is 6.43. The summed E-state index contributed by atoms with van der Waals surface area (Å²) in [6.45, 7) is 2.76. The van der Waals surface area contributed by atoms with Crippen LogP contribution in [-0.2, 0) is 6.42 Å². The predicted molar refractivity (Wildman–Crippen MR) is 76.4 cm³/mol. The predicted octanol–water partition coefficient (Wildman–Crippen LogP) is 1.73. The standard InChI is InChI=1S/C12H14N6S/c1-8-16-9(7-19-8)2-3-14-11-12-15-4-5-18(12)6-10(13)17-11/h4-7H,2-3,13H2,1H3,(H,14,17). The number of nitrogens with two attached hydrogens (primary N) is 1. The number of aryl methyl sites for hydroxylation is 1. The maximum absolute atomic E-state index is 5.76. The number of nitrogens with one attached hydrogen (secondary N) is 1. The summed E-state index contributed by atoms with van der Waals surface area (Å²) < 4.78 is 1.86. The van der Waals surface area contributed by atoms with E-state index in [0.717, 1.165) is 29.3 Å². The van der Waals surface area contributed by atoms with Crippen molar-refractivity contribution in [2.45, 2.75) is 13.3 Å². The molecular weight excluding hydrogens is 260 g/mol. The highest BCUT2D eigenvalue weighted by atomic mass is 32.1. The fourth-order valence-electron chi connectivity index (χ4n) is 1.90. The SMILES string of the molecule is Cc1nc(CCNc2nc(N)cn3ccnc23)cs1. The zero-order chi connectivity index (χ0) is 13.2. The van der Waals surface area contributed by atoms with Gasteiger partial charge >= 0.3 is 0 Å². The molecule has 0 aromatic carbocycles. The first-order valence-corrected chi connectivity index (χ1v) is 6.84. The molecule has 0 unspecified atom stereocenters. The van der Waals surface area contributed by atoms with E-state index in [1.54, 1.807) is 23.7 Å². The fraction of sp³-hybridized carbons (Fsp3) is 0.250. The second-order valence-corrected chi connectivity index (χ2v) is 5.27. The van der Waals surface area contributed by atoms with Gasteiger partial charge in [0.15, 0.2) is 11.5 Å². The Labute approximate surface area is 114 Å². The molecule has 7 heteroatoms. The lowest BCUT2D eigenvalue weighted by Gasteiger charge is -2.07. The quantitative estimate of drug-likeness (QED) is 0.757. The minimum atomic E-state index is 0.470. The number of fused-ring (bicyclic) bond motifs is 1. The fourth-order valence-corrected chi connectivity index (χ4v) is 2.55. The van der Waals surface area contributed by atoms with Gasteiger partial charge in [0.1, 0.15) is 5.82 Å². The number of rotatable bonds is 4. The third-order valence-corrected chi connectivity index (χ3v) is 3.56. The average Bonchev–Trinajstić information content (AvgIpc) is 2.98. The minimum Gasteiger partial charge on any atom is -0.382 e. The van der Waals surface area contributed by atoms with Crippen molar-refractivity contribution in [1.29, 1.82) is 0 Å². The smallest absolute Gasteiger partial charge is 0.180 e. The highest BCUT2D eigenvalue weighted by Crippen LogP contribution is 2.15. The van der Waals surface area contributed by atoms with E-state index < -0.39 is 0 Å². The normalized spacial score (nSPS) is 11.0. The largest absolute Gasteiger partial charge is 0.382 e. The summed E-state index contributed by atoms with van der Waals surface area (Å²) in [4.78, 5) is 13.0. The van der Waals surface area contributed by atoms with Crippen molar-refractivity contribution >= 4 is 28.6 Å². The first-order chi connectivity index (χ1) is 9.22. The number of imidazole rings is 1. The average molecular weight is 274 g/mol. The van der Waals surface area contributed by atoms with E-state index in [-0.39, 0.29) is 0 Å². The van der Waals surface area contributed by atoms with Gasteiger partial charge in [-0.25, -0.2) is 15.0 Å². The maximum atomic E-state index is 5.76. The molecule has 3 aromatic rings. The summed E-state index contributed by atoms with van der Waals surface area (Å²) in [6.07, 6.45) is 6.18. The van der Waals surface area contributed by atoms with E-state index in [9.17, 15) is 0 Å². The van der Waals surface area contributed by atoms with E-state index in [0.29, 0.717) is 11.6 Å². The third-order valence-electron chi connectivity index (χ3n) is 2.73. The van der Waals surface area contributed by atoms with Crippen molar-refractivity contribution < 1.29 is 0 Å². The van der Waals surface area contributed by atoms with Gasteiger partial charge in [0.25, 0.3) is 0 Å². The van der Waals surface area contributed by atoms with Crippen LogP contribution in [0.3, 0.4) is 0 Å². The number of hydrogen-bond donors (Lipinski definition) is 2. The van der Waals surface area contributed by atoms with Crippen molar-refractivity contribution in [2.24, 2.45) is 0 Å². The molecule has 0 spiro atoms. The van der Waals surface area contributed by atoms with Crippen LogP contribution in [0.15, 0.2) is 24.0 Å². The van der Waals surface area contributed by atoms with Gasteiger partial charge in [-0.3, -0.25) is 0 Å². The van der Waals surface area contributed by atoms with Crippen molar-refractivity contribution in [1.82, 2.24) is 19.4 Å². The number of hydrogen-bond acceptors (Lipinski definition) is 6. The van der Waals surface area contributed by atoms with Gasteiger partial charge in [-0.05, 0) is 6.92 Å². The maximum Gasteiger partial charge on any atom is 0.180 e. The number of anilines is 2. The Morgan fingerprint density at radius 2 is 2.32 bits per heavy atom. The second-order valence-electron chi connectivity index (χ2n) is 4.21. The highest BCUT2D eigenvalue weighted by molar-refractivity contribution is 7.09. The Morgan fingerprint density at radius 3 is 3.11 bits per heavy atom. The summed E-state index contributed by atoms with van der Waals surface area (Å²) in [7, 11) is 0. The highest BCUT2D eigenvalue weighted by Gasteiger charge is 2.06. The number of aromatic nitrogens is 4. The van der Waals surface area contributed by atoms with Crippen molar-refractivity contribution in [3.8, 4) is 0 Å². The molecule has 3 N–H and O–H groups in total. The van der Waals surface area contributed by atoms with Gasteiger partial charge in [-0.1, -0.05) is 0 Å². The molecule has 6 nitrogen and oxygen atoms in total. The molecule has 0 fully saturated rings. The Morgan fingerprint density at radius 1 is 1.42 bits per heavy atom. The summed E-state index contributed by atoms with van der Waals surface area (Å²) >= 11 is 1.67. The van der Waals surface area contributed by atoms with Crippen LogP contribution in [-0.4, -0.2) is 25.9 Å². The van der Waals surface area contributed by atoms with Gasteiger partial charge in [-0.15, -0.1) is 11.3 Å². The molecule has 19 heavy (non-hydrogen) atoms. The van der Waals surface area contributed by atoms with Crippen molar-refractivity contribution in [3.63, 3.8) is 0 Å². The van der Waals surface area contributed by atoms with Crippen LogP contribution in [0, 0.1) is 6.92 Å².